The van der Waals surface area contributed by atoms with Crippen molar-refractivity contribution in [2.45, 2.75) is 4.22 Å². The summed E-state index contributed by atoms with van der Waals surface area (Å²) in [6, 6.07) is 0. The molecular weight excluding hydrogens is 208 g/mol. The molecule has 0 aliphatic rings. The van der Waals surface area contributed by atoms with Gasteiger partial charge in [0.05, 0.1) is 0 Å². The molecule has 0 atom stereocenters. The van der Waals surface area contributed by atoms with E-state index in [-0.39, 0.29) is 4.22 Å². The molecule has 0 fully saturated rings. The summed E-state index contributed by atoms with van der Waals surface area (Å²) in [6.45, 7) is 0. The minimum absolute atomic E-state index is 0.181. The van der Waals surface area contributed by atoms with Crippen LogP contribution in [-0.4, -0.2) is 30.8 Å². The predicted octanol–water partition coefficient (Wildman–Crippen LogP) is 0.540. The van der Waals surface area contributed by atoms with Crippen molar-refractivity contribution in [2.24, 2.45) is 0 Å². The van der Waals surface area contributed by atoms with Gasteiger partial charge in [0.2, 0.25) is 0 Å². The van der Waals surface area contributed by atoms with Gasteiger partial charge in [0.25, 0.3) is 0 Å². The first kappa shape index (κ1) is 5.90. The van der Waals surface area contributed by atoms with Crippen molar-refractivity contribution in [2.75, 3.05) is 0 Å². The van der Waals surface area contributed by atoms with Crippen LogP contribution in [0.3, 0.4) is 0 Å². The second kappa shape index (κ2) is 4.90. The van der Waals surface area contributed by atoms with Gasteiger partial charge >= 0.3 is 42.1 Å². The standard InChI is InChI=1S/CH2F2Se2/c2-4-1-5-3/h1H2. The molecule has 0 aromatic rings. The van der Waals surface area contributed by atoms with Crippen LogP contribution in [0.15, 0.2) is 0 Å². The Morgan fingerprint density at radius 3 is 1.60 bits per heavy atom. The van der Waals surface area contributed by atoms with Crippen LogP contribution in [-0.2, 0) is 0 Å². The summed E-state index contributed by atoms with van der Waals surface area (Å²) in [5.74, 6) is 0. The van der Waals surface area contributed by atoms with Crippen LogP contribution in [0.25, 0.3) is 0 Å². The summed E-state index contributed by atoms with van der Waals surface area (Å²) < 4.78 is 21.8. The van der Waals surface area contributed by atoms with Crippen LogP contribution in [0.5, 0.6) is 0 Å². The molecule has 0 bridgehead atoms. The molecule has 0 heterocycles. The first-order chi connectivity index (χ1) is 2.41. The molecule has 0 aromatic heterocycles. The summed E-state index contributed by atoms with van der Waals surface area (Å²) in [5.41, 5.74) is 0. The summed E-state index contributed by atoms with van der Waals surface area (Å²) in [6.07, 6.45) is 0. The van der Waals surface area contributed by atoms with E-state index in [1.54, 1.807) is 0 Å². The van der Waals surface area contributed by atoms with E-state index < -0.39 is 30.8 Å². The van der Waals surface area contributed by atoms with Crippen LogP contribution in [0.4, 0.5) is 7.10 Å². The fourth-order valence-electron chi connectivity index (χ4n) is 0.0168. The molecule has 0 saturated heterocycles. The van der Waals surface area contributed by atoms with Crippen molar-refractivity contribution >= 4 is 30.8 Å². The molecule has 0 N–H and O–H groups in total. The third-order valence-corrected chi connectivity index (χ3v) is 2.41. The zero-order valence-electron chi connectivity index (χ0n) is 2.28. The van der Waals surface area contributed by atoms with Gasteiger partial charge in [-0.05, 0) is 0 Å². The van der Waals surface area contributed by atoms with E-state index in [2.05, 4.69) is 0 Å². The molecule has 4 heteroatoms. The van der Waals surface area contributed by atoms with Crippen LogP contribution in [0.2, 0.25) is 4.22 Å². The molecule has 0 aromatic carbocycles. The zero-order valence-corrected chi connectivity index (χ0v) is 5.71. The molecule has 0 amide bonds. The van der Waals surface area contributed by atoms with Gasteiger partial charge in [-0.3, -0.25) is 0 Å². The quantitative estimate of drug-likeness (QED) is 0.583. The Labute approximate surface area is 42.6 Å². The van der Waals surface area contributed by atoms with E-state index in [0.29, 0.717) is 0 Å². The fourth-order valence-corrected chi connectivity index (χ4v) is 0.455. The predicted molar refractivity (Wildman–Crippen MR) is 18.5 cm³/mol. The summed E-state index contributed by atoms with van der Waals surface area (Å²) >= 11 is -1.84. The topological polar surface area (TPSA) is 0 Å². The first-order valence-electron chi connectivity index (χ1n) is 0.886. The van der Waals surface area contributed by atoms with Gasteiger partial charge in [0, 0.05) is 0 Å². The van der Waals surface area contributed by atoms with Crippen LogP contribution in [0.1, 0.15) is 0 Å². The maximum absolute atomic E-state index is 10.8. The Bertz CT molecular complexity index is 15.1. The molecule has 5 heavy (non-hydrogen) atoms. The average molecular weight is 210 g/mol. The minimum atomic E-state index is -0.922. The number of rotatable bonds is 2. The van der Waals surface area contributed by atoms with Gasteiger partial charge in [0.1, 0.15) is 0 Å². The molecule has 0 saturated carbocycles. The van der Waals surface area contributed by atoms with Gasteiger partial charge in [0.15, 0.2) is 0 Å². The summed E-state index contributed by atoms with van der Waals surface area (Å²) in [7, 11) is 0. The van der Waals surface area contributed by atoms with Crippen molar-refractivity contribution in [3.63, 3.8) is 0 Å². The molecule has 0 aliphatic carbocycles. The second-order valence-corrected chi connectivity index (χ2v) is 4.32. The van der Waals surface area contributed by atoms with E-state index in [4.69, 9.17) is 0 Å². The van der Waals surface area contributed by atoms with Gasteiger partial charge in [-0.15, -0.1) is 0 Å². The molecule has 0 aliphatic heterocycles. The molecule has 0 rings (SSSR count). The van der Waals surface area contributed by atoms with Crippen molar-refractivity contribution < 1.29 is 7.10 Å². The Morgan fingerprint density at radius 2 is 1.60 bits per heavy atom. The maximum atomic E-state index is 10.8. The Kier molecular flexibility index (Phi) is 5.78. The van der Waals surface area contributed by atoms with E-state index in [0.717, 1.165) is 0 Å². The first-order valence-corrected chi connectivity index (χ1v) is 4.60. The van der Waals surface area contributed by atoms with E-state index in [1.165, 1.54) is 0 Å². The third-order valence-electron chi connectivity index (χ3n) is 0.0891. The second-order valence-electron chi connectivity index (χ2n) is 0.336. The van der Waals surface area contributed by atoms with Gasteiger partial charge in [-0.1, -0.05) is 0 Å². The zero-order chi connectivity index (χ0) is 4.12. The monoisotopic (exact) mass is 212 g/mol. The van der Waals surface area contributed by atoms with Crippen molar-refractivity contribution in [1.29, 1.82) is 0 Å². The molecule has 0 radical (unpaired) electrons. The summed E-state index contributed by atoms with van der Waals surface area (Å²) in [5, 5.41) is 0. The Balaban J connectivity index is 2.19. The van der Waals surface area contributed by atoms with Crippen molar-refractivity contribution in [3.8, 4) is 0 Å². The van der Waals surface area contributed by atoms with E-state index in [1.807, 2.05) is 0 Å². The average Bonchev–Trinajstić information content (AvgIpc) is 1.41. The Morgan fingerprint density at radius 1 is 1.20 bits per heavy atom. The summed E-state index contributed by atoms with van der Waals surface area (Å²) in [4.78, 5) is 0. The number of hydrogen-bond acceptors (Lipinski definition) is 0. The van der Waals surface area contributed by atoms with E-state index >= 15 is 0 Å². The molecule has 0 spiro atoms. The SMILES string of the molecule is F[Se]C[Se]F. The van der Waals surface area contributed by atoms with E-state index in [9.17, 15) is 7.10 Å². The van der Waals surface area contributed by atoms with Crippen molar-refractivity contribution in [1.82, 2.24) is 0 Å². The normalized spacial score (nSPS) is 8.40. The van der Waals surface area contributed by atoms with Crippen LogP contribution < -0.4 is 0 Å². The molecule has 0 nitrogen and oxygen atoms in total. The number of halogens is 2. The molecule has 0 unspecified atom stereocenters. The van der Waals surface area contributed by atoms with Crippen LogP contribution in [0, 0.1) is 0 Å². The Hall–Kier alpha value is 0.899. The van der Waals surface area contributed by atoms with Crippen molar-refractivity contribution in [3.05, 3.63) is 0 Å². The van der Waals surface area contributed by atoms with Gasteiger partial charge < -0.3 is 0 Å². The molecule has 32 valence electrons. The van der Waals surface area contributed by atoms with Gasteiger partial charge in [-0.25, -0.2) is 0 Å². The van der Waals surface area contributed by atoms with Crippen LogP contribution >= 0.6 is 0 Å². The third kappa shape index (κ3) is 4.90. The number of hydrogen-bond donors (Lipinski definition) is 0. The van der Waals surface area contributed by atoms with Gasteiger partial charge in [-0.2, -0.15) is 0 Å². The fraction of sp³-hybridized carbons (Fsp3) is 1.00. The molecular formula is CH2F2Se2.